The summed E-state index contributed by atoms with van der Waals surface area (Å²) in [6, 6.07) is 5.95. The van der Waals surface area contributed by atoms with Crippen molar-refractivity contribution >= 4 is 11.8 Å². The van der Waals surface area contributed by atoms with Crippen LogP contribution < -0.4 is 0 Å². The molecule has 0 amide bonds. The van der Waals surface area contributed by atoms with Gasteiger partial charge < -0.3 is 4.74 Å². The number of Topliss-reactive ketones (excluding diaryl/α,β-unsaturated/α-hetero) is 1. The van der Waals surface area contributed by atoms with Crippen LogP contribution in [0.2, 0.25) is 0 Å². The van der Waals surface area contributed by atoms with Gasteiger partial charge in [0.25, 0.3) is 0 Å². The van der Waals surface area contributed by atoms with Gasteiger partial charge >= 0.3 is 5.97 Å². The molecule has 0 aromatic heterocycles. The fraction of sp³-hybridized carbons (Fsp3) is 0.500. The van der Waals surface area contributed by atoms with Crippen LogP contribution >= 0.6 is 0 Å². The van der Waals surface area contributed by atoms with Crippen LogP contribution in [0.25, 0.3) is 0 Å². The normalized spacial score (nSPS) is 11.2. The molecule has 3 heteroatoms. The highest BCUT2D eigenvalue weighted by Gasteiger charge is 2.18. The smallest absolute Gasteiger partial charge is 0.305 e. The van der Waals surface area contributed by atoms with Gasteiger partial charge in [-0.05, 0) is 29.5 Å². The lowest BCUT2D eigenvalue weighted by molar-refractivity contribution is -0.140. The Balaban J connectivity index is 2.93. The van der Waals surface area contributed by atoms with Gasteiger partial charge in [0.1, 0.15) is 0 Å². The third-order valence-electron chi connectivity index (χ3n) is 3.19. The molecule has 1 rings (SSSR count). The third-order valence-corrected chi connectivity index (χ3v) is 3.19. The van der Waals surface area contributed by atoms with Crippen LogP contribution in [0.5, 0.6) is 0 Å². The fourth-order valence-electron chi connectivity index (χ4n) is 1.84. The molecule has 0 bridgehead atoms. The number of aryl methyl sites for hydroxylation is 1. The summed E-state index contributed by atoms with van der Waals surface area (Å²) in [5.74, 6) is -0.355. The van der Waals surface area contributed by atoms with E-state index in [4.69, 9.17) is 0 Å². The zero-order valence-corrected chi connectivity index (χ0v) is 12.4. The van der Waals surface area contributed by atoms with Gasteiger partial charge in [-0.25, -0.2) is 0 Å². The van der Waals surface area contributed by atoms with E-state index in [0.717, 1.165) is 11.1 Å². The van der Waals surface area contributed by atoms with Crippen molar-refractivity contribution in [1.29, 1.82) is 0 Å². The number of rotatable bonds is 4. The second-order valence-corrected chi connectivity index (χ2v) is 5.78. The van der Waals surface area contributed by atoms with Gasteiger partial charge in [-0.1, -0.05) is 32.9 Å². The molecule has 3 nitrogen and oxygen atoms in total. The number of hydrogen-bond donors (Lipinski definition) is 0. The number of carbonyl (C=O) groups is 2. The number of benzene rings is 1. The molecule has 0 heterocycles. The predicted octanol–water partition coefficient (Wildman–Crippen LogP) is 3.43. The molecule has 0 fully saturated rings. The second-order valence-electron chi connectivity index (χ2n) is 5.78. The van der Waals surface area contributed by atoms with Gasteiger partial charge in [0.15, 0.2) is 5.78 Å². The molecule has 0 aliphatic carbocycles. The van der Waals surface area contributed by atoms with E-state index in [1.165, 1.54) is 7.11 Å². The Kier molecular flexibility index (Phi) is 4.87. The van der Waals surface area contributed by atoms with Crippen molar-refractivity contribution in [2.24, 2.45) is 0 Å². The number of carbonyl (C=O) groups excluding carboxylic acids is 2. The molecular weight excluding hydrogens is 240 g/mol. The molecule has 0 radical (unpaired) electrons. The molecular formula is C16H22O3. The minimum absolute atomic E-state index is 0.00504. The standard InChI is InChI=1S/C16H22O3/c1-11-6-7-12(16(2,3)4)10-13(11)14(17)8-9-15(18)19-5/h6-7,10H,8-9H2,1-5H3. The van der Waals surface area contributed by atoms with Crippen molar-refractivity contribution < 1.29 is 14.3 Å². The van der Waals surface area contributed by atoms with Crippen LogP contribution in [0.15, 0.2) is 18.2 Å². The Labute approximate surface area is 115 Å². The average Bonchev–Trinajstić information content (AvgIpc) is 2.34. The molecule has 0 N–H and O–H groups in total. The maximum Gasteiger partial charge on any atom is 0.305 e. The maximum absolute atomic E-state index is 12.2. The molecule has 104 valence electrons. The average molecular weight is 262 g/mol. The Hall–Kier alpha value is -1.64. The molecule has 0 saturated heterocycles. The van der Waals surface area contributed by atoms with E-state index in [-0.39, 0.29) is 30.0 Å². The molecule has 1 aromatic carbocycles. The van der Waals surface area contributed by atoms with Crippen LogP contribution in [0.4, 0.5) is 0 Å². The Morgan fingerprint density at radius 2 is 1.79 bits per heavy atom. The first-order valence-electron chi connectivity index (χ1n) is 6.47. The summed E-state index contributed by atoms with van der Waals surface area (Å²) in [5, 5.41) is 0. The SMILES string of the molecule is COC(=O)CCC(=O)c1cc(C(C)(C)C)ccc1C. The van der Waals surface area contributed by atoms with Crippen LogP contribution in [0.1, 0.15) is 55.1 Å². The topological polar surface area (TPSA) is 43.4 Å². The number of ketones is 1. The lowest BCUT2D eigenvalue weighted by Gasteiger charge is -2.20. The van der Waals surface area contributed by atoms with E-state index in [1.807, 2.05) is 25.1 Å². The first kappa shape index (κ1) is 15.4. The summed E-state index contributed by atoms with van der Waals surface area (Å²) in [6.07, 6.45) is 0.329. The van der Waals surface area contributed by atoms with E-state index in [9.17, 15) is 9.59 Å². The zero-order chi connectivity index (χ0) is 14.6. The van der Waals surface area contributed by atoms with Gasteiger partial charge in [0.05, 0.1) is 13.5 Å². The molecule has 0 aliphatic rings. The first-order chi connectivity index (χ1) is 8.75. The van der Waals surface area contributed by atoms with Crippen molar-refractivity contribution in [3.63, 3.8) is 0 Å². The monoisotopic (exact) mass is 262 g/mol. The van der Waals surface area contributed by atoms with Crippen molar-refractivity contribution in [1.82, 2.24) is 0 Å². The highest BCUT2D eigenvalue weighted by molar-refractivity contribution is 5.99. The van der Waals surface area contributed by atoms with E-state index < -0.39 is 0 Å². The number of esters is 1. The molecule has 0 saturated carbocycles. The van der Waals surface area contributed by atoms with Crippen LogP contribution in [0.3, 0.4) is 0 Å². The summed E-state index contributed by atoms with van der Waals surface area (Å²) in [4.78, 5) is 23.2. The molecule has 0 aliphatic heterocycles. The van der Waals surface area contributed by atoms with Gasteiger partial charge in [-0.3, -0.25) is 9.59 Å². The number of ether oxygens (including phenoxy) is 1. The molecule has 0 unspecified atom stereocenters. The number of hydrogen-bond acceptors (Lipinski definition) is 3. The van der Waals surface area contributed by atoms with Crippen molar-refractivity contribution in [2.45, 2.75) is 46.0 Å². The van der Waals surface area contributed by atoms with E-state index in [0.29, 0.717) is 5.56 Å². The van der Waals surface area contributed by atoms with Gasteiger partial charge in [0.2, 0.25) is 0 Å². The lowest BCUT2D eigenvalue weighted by atomic mass is 9.84. The third kappa shape index (κ3) is 4.19. The molecule has 0 atom stereocenters. The van der Waals surface area contributed by atoms with Crippen LogP contribution in [0, 0.1) is 6.92 Å². The largest absolute Gasteiger partial charge is 0.469 e. The van der Waals surface area contributed by atoms with Crippen molar-refractivity contribution in [2.75, 3.05) is 7.11 Å². The van der Waals surface area contributed by atoms with E-state index >= 15 is 0 Å². The Morgan fingerprint density at radius 3 is 2.32 bits per heavy atom. The van der Waals surface area contributed by atoms with Crippen molar-refractivity contribution in [3.8, 4) is 0 Å². The first-order valence-corrected chi connectivity index (χ1v) is 6.47. The fourth-order valence-corrected chi connectivity index (χ4v) is 1.84. The summed E-state index contributed by atoms with van der Waals surface area (Å²) in [6.45, 7) is 8.25. The quantitative estimate of drug-likeness (QED) is 0.616. The highest BCUT2D eigenvalue weighted by Crippen LogP contribution is 2.25. The van der Waals surface area contributed by atoms with Crippen molar-refractivity contribution in [3.05, 3.63) is 34.9 Å². The zero-order valence-electron chi connectivity index (χ0n) is 12.4. The minimum atomic E-state index is -0.349. The number of methoxy groups -OCH3 is 1. The maximum atomic E-state index is 12.2. The van der Waals surface area contributed by atoms with Gasteiger partial charge in [-0.15, -0.1) is 0 Å². The molecule has 0 spiro atoms. The summed E-state index contributed by atoms with van der Waals surface area (Å²) >= 11 is 0. The van der Waals surface area contributed by atoms with Gasteiger partial charge in [0, 0.05) is 12.0 Å². The Morgan fingerprint density at radius 1 is 1.16 bits per heavy atom. The lowest BCUT2D eigenvalue weighted by Crippen LogP contribution is -2.13. The van der Waals surface area contributed by atoms with E-state index in [1.54, 1.807) is 0 Å². The van der Waals surface area contributed by atoms with Crippen LogP contribution in [-0.4, -0.2) is 18.9 Å². The van der Waals surface area contributed by atoms with Crippen LogP contribution in [-0.2, 0) is 14.9 Å². The molecule has 19 heavy (non-hydrogen) atoms. The minimum Gasteiger partial charge on any atom is -0.469 e. The summed E-state index contributed by atoms with van der Waals surface area (Å²) in [5.41, 5.74) is 2.78. The summed E-state index contributed by atoms with van der Waals surface area (Å²) in [7, 11) is 1.33. The van der Waals surface area contributed by atoms with Gasteiger partial charge in [-0.2, -0.15) is 0 Å². The predicted molar refractivity (Wildman–Crippen MR) is 75.5 cm³/mol. The highest BCUT2D eigenvalue weighted by atomic mass is 16.5. The van der Waals surface area contributed by atoms with E-state index in [2.05, 4.69) is 25.5 Å². The Bertz CT molecular complexity index is 481. The molecule has 1 aromatic rings. The second kappa shape index (κ2) is 6.00. The summed E-state index contributed by atoms with van der Waals surface area (Å²) < 4.78 is 4.55.